The molecule has 0 bridgehead atoms. The summed E-state index contributed by atoms with van der Waals surface area (Å²) < 4.78 is 1.10. The number of carbonyl (C=O) groups excluding carboxylic acids is 1. The fourth-order valence-corrected chi connectivity index (χ4v) is 1.25. The van der Waals surface area contributed by atoms with Crippen LogP contribution < -0.4 is 5.32 Å². The molecule has 1 heterocycles. The predicted octanol–water partition coefficient (Wildman–Crippen LogP) is 0.626. The van der Waals surface area contributed by atoms with Crippen LogP contribution in [-0.4, -0.2) is 27.2 Å². The fraction of sp³-hybridized carbons (Fsp3) is 0.556. The normalized spacial score (nSPS) is 10.1. The van der Waals surface area contributed by atoms with Gasteiger partial charge in [-0.15, -0.1) is 4.68 Å². The van der Waals surface area contributed by atoms with Gasteiger partial charge in [0.15, 0.2) is 6.54 Å². The lowest BCUT2D eigenvalue weighted by molar-refractivity contribution is -0.392. The maximum absolute atomic E-state index is 11.4. The van der Waals surface area contributed by atoms with Crippen LogP contribution >= 0.6 is 0 Å². The summed E-state index contributed by atoms with van der Waals surface area (Å²) in [6, 6.07) is 1.34. The summed E-state index contributed by atoms with van der Waals surface area (Å²) in [6.07, 6.45) is 0.825. The van der Waals surface area contributed by atoms with E-state index in [0.29, 0.717) is 12.2 Å². The smallest absolute Gasteiger partial charge is 0.345 e. The molecule has 0 unspecified atom stereocenters. The summed E-state index contributed by atoms with van der Waals surface area (Å²) in [5.41, 5.74) is 0.523. The number of hydrogen-bond donors (Lipinski definition) is 1. The topological polar surface area (TPSA) is 90.1 Å². The third-order valence-corrected chi connectivity index (χ3v) is 1.93. The first kappa shape index (κ1) is 12.2. The van der Waals surface area contributed by atoms with E-state index in [1.807, 2.05) is 6.92 Å². The van der Waals surface area contributed by atoms with Crippen molar-refractivity contribution in [2.24, 2.45) is 0 Å². The average molecular weight is 226 g/mol. The van der Waals surface area contributed by atoms with E-state index in [9.17, 15) is 14.9 Å². The second-order valence-corrected chi connectivity index (χ2v) is 3.41. The number of carbonyl (C=O) groups is 1. The molecule has 88 valence electrons. The number of nitro groups is 1. The van der Waals surface area contributed by atoms with Crippen molar-refractivity contribution in [3.05, 3.63) is 21.9 Å². The van der Waals surface area contributed by atoms with E-state index in [1.54, 1.807) is 6.92 Å². The van der Waals surface area contributed by atoms with E-state index in [1.165, 1.54) is 6.07 Å². The van der Waals surface area contributed by atoms with Crippen LogP contribution in [0.25, 0.3) is 0 Å². The highest BCUT2D eigenvalue weighted by molar-refractivity contribution is 5.75. The minimum atomic E-state index is -0.549. The Kier molecular flexibility index (Phi) is 3.98. The van der Waals surface area contributed by atoms with Crippen molar-refractivity contribution in [1.82, 2.24) is 15.1 Å². The molecule has 0 aliphatic heterocycles. The summed E-state index contributed by atoms with van der Waals surface area (Å²) in [7, 11) is 0. The standard InChI is InChI=1S/C9H14N4O3/c1-3-4-10-8(14)6-12-9(13(15)16)5-7(2)11-12/h5H,3-4,6H2,1-2H3,(H,10,14). The Morgan fingerprint density at radius 3 is 2.94 bits per heavy atom. The highest BCUT2D eigenvalue weighted by Crippen LogP contribution is 2.12. The highest BCUT2D eigenvalue weighted by atomic mass is 16.6. The van der Waals surface area contributed by atoms with Gasteiger partial charge in [-0.2, -0.15) is 0 Å². The molecule has 1 rings (SSSR count). The molecule has 1 amide bonds. The Hall–Kier alpha value is -1.92. The summed E-state index contributed by atoms with van der Waals surface area (Å²) in [4.78, 5) is 21.5. The largest absolute Gasteiger partial charge is 0.358 e. The molecule has 0 saturated heterocycles. The Bertz CT molecular complexity index is 399. The molecule has 0 aliphatic carbocycles. The van der Waals surface area contributed by atoms with Crippen molar-refractivity contribution in [3.8, 4) is 0 Å². The number of nitrogens with one attached hydrogen (secondary N) is 1. The van der Waals surface area contributed by atoms with Crippen LogP contribution in [0.15, 0.2) is 6.07 Å². The Morgan fingerprint density at radius 1 is 1.69 bits per heavy atom. The summed E-state index contributed by atoms with van der Waals surface area (Å²) in [5, 5.41) is 17.2. The molecule has 0 spiro atoms. The van der Waals surface area contributed by atoms with Crippen LogP contribution in [0.4, 0.5) is 5.82 Å². The van der Waals surface area contributed by atoms with Crippen LogP contribution in [0.1, 0.15) is 19.0 Å². The first-order chi connectivity index (χ1) is 7.54. The molecule has 7 heteroatoms. The number of amides is 1. The molecule has 0 fully saturated rings. The lowest BCUT2D eigenvalue weighted by Gasteiger charge is -2.01. The van der Waals surface area contributed by atoms with E-state index < -0.39 is 4.92 Å². The molecule has 1 N–H and O–H groups in total. The zero-order chi connectivity index (χ0) is 12.1. The van der Waals surface area contributed by atoms with Crippen molar-refractivity contribution in [2.75, 3.05) is 6.54 Å². The van der Waals surface area contributed by atoms with E-state index >= 15 is 0 Å². The van der Waals surface area contributed by atoms with Crippen LogP contribution in [-0.2, 0) is 11.3 Å². The quantitative estimate of drug-likeness (QED) is 0.588. The van der Waals surface area contributed by atoms with Crippen LogP contribution in [0.3, 0.4) is 0 Å². The SMILES string of the molecule is CCCNC(=O)Cn1nc(C)cc1[N+](=O)[O-]. The predicted molar refractivity (Wildman–Crippen MR) is 56.9 cm³/mol. The van der Waals surface area contributed by atoms with Crippen molar-refractivity contribution in [1.29, 1.82) is 0 Å². The molecule has 7 nitrogen and oxygen atoms in total. The van der Waals surface area contributed by atoms with Gasteiger partial charge in [-0.05, 0) is 18.3 Å². The van der Waals surface area contributed by atoms with Gasteiger partial charge in [0, 0.05) is 6.54 Å². The zero-order valence-corrected chi connectivity index (χ0v) is 9.27. The molecule has 16 heavy (non-hydrogen) atoms. The summed E-state index contributed by atoms with van der Waals surface area (Å²) in [6.45, 7) is 4.02. The van der Waals surface area contributed by atoms with Crippen molar-refractivity contribution < 1.29 is 9.72 Å². The second kappa shape index (κ2) is 5.24. The Balaban J connectivity index is 2.72. The van der Waals surface area contributed by atoms with Crippen molar-refractivity contribution >= 4 is 11.7 Å². The molecule has 0 radical (unpaired) electrons. The molecule has 0 aliphatic rings. The Morgan fingerprint density at radius 2 is 2.38 bits per heavy atom. The molecule has 0 aromatic carbocycles. The van der Waals surface area contributed by atoms with E-state index in [-0.39, 0.29) is 18.3 Å². The van der Waals surface area contributed by atoms with Gasteiger partial charge in [-0.3, -0.25) is 4.79 Å². The van der Waals surface area contributed by atoms with Gasteiger partial charge >= 0.3 is 5.82 Å². The first-order valence-electron chi connectivity index (χ1n) is 5.00. The fourth-order valence-electron chi connectivity index (χ4n) is 1.25. The van der Waals surface area contributed by atoms with Crippen molar-refractivity contribution in [2.45, 2.75) is 26.8 Å². The van der Waals surface area contributed by atoms with Gasteiger partial charge < -0.3 is 15.4 Å². The third kappa shape index (κ3) is 3.04. The Labute approximate surface area is 92.6 Å². The van der Waals surface area contributed by atoms with Crippen LogP contribution in [0, 0.1) is 17.0 Å². The second-order valence-electron chi connectivity index (χ2n) is 3.41. The lowest BCUT2D eigenvalue weighted by atomic mass is 10.4. The number of aryl methyl sites for hydroxylation is 1. The van der Waals surface area contributed by atoms with E-state index in [4.69, 9.17) is 0 Å². The first-order valence-corrected chi connectivity index (χ1v) is 5.00. The monoisotopic (exact) mass is 226 g/mol. The average Bonchev–Trinajstić information content (AvgIpc) is 2.56. The molecule has 1 aromatic rings. The third-order valence-electron chi connectivity index (χ3n) is 1.93. The maximum Gasteiger partial charge on any atom is 0.345 e. The van der Waals surface area contributed by atoms with Crippen LogP contribution in [0.5, 0.6) is 0 Å². The zero-order valence-electron chi connectivity index (χ0n) is 9.27. The van der Waals surface area contributed by atoms with E-state index in [2.05, 4.69) is 10.4 Å². The van der Waals surface area contributed by atoms with Crippen LogP contribution in [0.2, 0.25) is 0 Å². The molecule has 1 aromatic heterocycles. The molecule has 0 atom stereocenters. The highest BCUT2D eigenvalue weighted by Gasteiger charge is 2.18. The van der Waals surface area contributed by atoms with E-state index in [0.717, 1.165) is 11.1 Å². The molecular formula is C9H14N4O3. The lowest BCUT2D eigenvalue weighted by Crippen LogP contribution is -2.28. The van der Waals surface area contributed by atoms with Gasteiger partial charge in [0.05, 0.1) is 11.8 Å². The maximum atomic E-state index is 11.4. The number of rotatable bonds is 5. The molecule has 0 saturated carbocycles. The molecular weight excluding hydrogens is 212 g/mol. The number of nitrogens with zero attached hydrogens (tertiary/aromatic N) is 3. The van der Waals surface area contributed by atoms with Gasteiger partial charge in [-0.1, -0.05) is 12.0 Å². The summed E-state index contributed by atoms with van der Waals surface area (Å²) in [5.74, 6) is -0.433. The van der Waals surface area contributed by atoms with Gasteiger partial charge in [0.25, 0.3) is 5.91 Å². The summed E-state index contributed by atoms with van der Waals surface area (Å²) >= 11 is 0. The number of hydrogen-bond acceptors (Lipinski definition) is 4. The van der Waals surface area contributed by atoms with Gasteiger partial charge in [-0.25, -0.2) is 0 Å². The van der Waals surface area contributed by atoms with Gasteiger partial charge in [0.2, 0.25) is 0 Å². The minimum Gasteiger partial charge on any atom is -0.358 e. The minimum absolute atomic E-state index is 0.121. The number of aromatic nitrogens is 2. The van der Waals surface area contributed by atoms with Crippen molar-refractivity contribution in [3.63, 3.8) is 0 Å². The van der Waals surface area contributed by atoms with Gasteiger partial charge in [0.1, 0.15) is 0 Å².